The number of hydrogen-bond acceptors (Lipinski definition) is 3. The lowest BCUT2D eigenvalue weighted by Crippen LogP contribution is -2.43. The molecular formula is C15H23ClO3. The normalized spacial score (nSPS) is 15.9. The largest absolute Gasteiger partial charge is 0.496 e. The molecule has 0 aliphatic carbocycles. The maximum absolute atomic E-state index is 10.4. The zero-order chi connectivity index (χ0) is 14.5. The van der Waals surface area contributed by atoms with Gasteiger partial charge in [0, 0.05) is 18.1 Å². The molecule has 1 aromatic rings. The molecule has 0 heterocycles. The third kappa shape index (κ3) is 4.10. The maximum Gasteiger partial charge on any atom is 0.122 e. The Morgan fingerprint density at radius 3 is 2.58 bits per heavy atom. The van der Waals surface area contributed by atoms with Crippen molar-refractivity contribution in [1.82, 2.24) is 0 Å². The first-order valence-electron chi connectivity index (χ1n) is 6.61. The van der Waals surface area contributed by atoms with Crippen LogP contribution in [0, 0.1) is 0 Å². The monoisotopic (exact) mass is 286 g/mol. The van der Waals surface area contributed by atoms with Crippen LogP contribution in [0.5, 0.6) is 5.75 Å². The second-order valence-corrected chi connectivity index (χ2v) is 5.21. The number of methoxy groups -OCH3 is 1. The Balaban J connectivity index is 2.91. The molecule has 0 aliphatic rings. The van der Waals surface area contributed by atoms with E-state index in [1.54, 1.807) is 13.2 Å². The quantitative estimate of drug-likeness (QED) is 0.834. The van der Waals surface area contributed by atoms with Crippen LogP contribution >= 0.6 is 11.6 Å². The number of aliphatic hydroxyl groups excluding tert-OH is 1. The first-order valence-corrected chi connectivity index (χ1v) is 6.99. The molecule has 0 bridgehead atoms. The lowest BCUT2D eigenvalue weighted by atomic mass is 9.90. The number of benzene rings is 1. The van der Waals surface area contributed by atoms with Crippen molar-refractivity contribution in [1.29, 1.82) is 0 Å². The molecule has 0 saturated carbocycles. The van der Waals surface area contributed by atoms with Crippen molar-refractivity contribution in [2.24, 2.45) is 0 Å². The summed E-state index contributed by atoms with van der Waals surface area (Å²) in [5, 5.41) is 11.1. The molecule has 0 spiro atoms. The summed E-state index contributed by atoms with van der Waals surface area (Å²) in [4.78, 5) is 0. The highest BCUT2D eigenvalue weighted by Crippen LogP contribution is 2.28. The fraction of sp³-hybridized carbons (Fsp3) is 0.600. The second-order valence-electron chi connectivity index (χ2n) is 4.78. The van der Waals surface area contributed by atoms with Gasteiger partial charge < -0.3 is 14.6 Å². The predicted molar refractivity (Wildman–Crippen MR) is 78.0 cm³/mol. The summed E-state index contributed by atoms with van der Waals surface area (Å²) < 4.78 is 11.0. The van der Waals surface area contributed by atoms with Gasteiger partial charge in [-0.25, -0.2) is 0 Å². The van der Waals surface area contributed by atoms with Crippen molar-refractivity contribution in [3.63, 3.8) is 0 Å². The minimum Gasteiger partial charge on any atom is -0.496 e. The summed E-state index contributed by atoms with van der Waals surface area (Å²) >= 11 is 6.00. The molecule has 0 aromatic heterocycles. The Labute approximate surface area is 120 Å². The molecule has 0 saturated heterocycles. The Morgan fingerprint density at radius 1 is 1.37 bits per heavy atom. The molecule has 1 N–H and O–H groups in total. The lowest BCUT2D eigenvalue weighted by Gasteiger charge is -2.33. The first-order chi connectivity index (χ1) is 8.96. The SMILES string of the molecule is CCOC(C)(CC)C(O)Cc1cc(Cl)ccc1OC. The van der Waals surface area contributed by atoms with Crippen molar-refractivity contribution in [2.75, 3.05) is 13.7 Å². The molecule has 0 fully saturated rings. The Bertz CT molecular complexity index is 408. The summed E-state index contributed by atoms with van der Waals surface area (Å²) in [5.74, 6) is 0.735. The van der Waals surface area contributed by atoms with Gasteiger partial charge in [-0.3, -0.25) is 0 Å². The standard InChI is InChI=1S/C15H23ClO3/c1-5-15(3,19-6-2)14(17)10-11-9-12(16)7-8-13(11)18-4/h7-9,14,17H,5-6,10H2,1-4H3. The Morgan fingerprint density at radius 2 is 2.05 bits per heavy atom. The second kappa shape index (κ2) is 7.13. The molecule has 2 atom stereocenters. The zero-order valence-electron chi connectivity index (χ0n) is 12.1. The smallest absolute Gasteiger partial charge is 0.122 e. The average molecular weight is 287 g/mol. The van der Waals surface area contributed by atoms with E-state index in [1.807, 2.05) is 32.9 Å². The van der Waals surface area contributed by atoms with E-state index in [0.29, 0.717) is 18.1 Å². The van der Waals surface area contributed by atoms with Gasteiger partial charge >= 0.3 is 0 Å². The van der Waals surface area contributed by atoms with Gasteiger partial charge in [-0.05, 0) is 44.0 Å². The molecule has 0 radical (unpaired) electrons. The van der Waals surface area contributed by atoms with E-state index in [2.05, 4.69) is 0 Å². The van der Waals surface area contributed by atoms with E-state index in [1.165, 1.54) is 0 Å². The van der Waals surface area contributed by atoms with Crippen LogP contribution in [-0.4, -0.2) is 30.5 Å². The number of aliphatic hydroxyl groups is 1. The van der Waals surface area contributed by atoms with Crippen molar-refractivity contribution in [3.8, 4) is 5.75 Å². The van der Waals surface area contributed by atoms with Gasteiger partial charge in [0.25, 0.3) is 0 Å². The van der Waals surface area contributed by atoms with Gasteiger partial charge in [0.15, 0.2) is 0 Å². The maximum atomic E-state index is 10.4. The predicted octanol–water partition coefficient (Wildman–Crippen LogP) is 3.46. The topological polar surface area (TPSA) is 38.7 Å². The van der Waals surface area contributed by atoms with Crippen molar-refractivity contribution < 1.29 is 14.6 Å². The highest BCUT2D eigenvalue weighted by molar-refractivity contribution is 6.30. The Hall–Kier alpha value is -0.770. The fourth-order valence-electron chi connectivity index (χ4n) is 2.09. The molecule has 108 valence electrons. The van der Waals surface area contributed by atoms with Crippen LogP contribution in [-0.2, 0) is 11.2 Å². The molecule has 1 aromatic carbocycles. The van der Waals surface area contributed by atoms with Gasteiger partial charge in [0.2, 0.25) is 0 Å². The van der Waals surface area contributed by atoms with Crippen LogP contribution in [0.15, 0.2) is 18.2 Å². The number of ether oxygens (including phenoxy) is 2. The van der Waals surface area contributed by atoms with E-state index in [4.69, 9.17) is 21.1 Å². The van der Waals surface area contributed by atoms with Crippen molar-refractivity contribution in [3.05, 3.63) is 28.8 Å². The highest BCUT2D eigenvalue weighted by Gasteiger charge is 2.32. The molecule has 19 heavy (non-hydrogen) atoms. The third-order valence-corrected chi connectivity index (χ3v) is 3.77. The van der Waals surface area contributed by atoms with E-state index in [9.17, 15) is 5.11 Å². The van der Waals surface area contributed by atoms with Crippen molar-refractivity contribution in [2.45, 2.75) is 45.3 Å². The third-order valence-electron chi connectivity index (χ3n) is 3.54. The van der Waals surface area contributed by atoms with Crippen LogP contribution in [0.4, 0.5) is 0 Å². The summed E-state index contributed by atoms with van der Waals surface area (Å²) in [7, 11) is 1.61. The molecule has 1 rings (SSSR count). The highest BCUT2D eigenvalue weighted by atomic mass is 35.5. The van der Waals surface area contributed by atoms with E-state index in [0.717, 1.165) is 17.7 Å². The summed E-state index contributed by atoms with van der Waals surface area (Å²) in [6, 6.07) is 5.41. The number of rotatable bonds is 7. The summed E-state index contributed by atoms with van der Waals surface area (Å²) in [6.07, 6.45) is 0.587. The van der Waals surface area contributed by atoms with E-state index in [-0.39, 0.29) is 0 Å². The van der Waals surface area contributed by atoms with Gasteiger partial charge in [0.1, 0.15) is 5.75 Å². The number of halogens is 1. The molecule has 2 unspecified atom stereocenters. The van der Waals surface area contributed by atoms with E-state index < -0.39 is 11.7 Å². The lowest BCUT2D eigenvalue weighted by molar-refractivity contribution is -0.110. The van der Waals surface area contributed by atoms with E-state index >= 15 is 0 Å². The molecule has 4 heteroatoms. The van der Waals surface area contributed by atoms with Crippen LogP contribution < -0.4 is 4.74 Å². The fourth-order valence-corrected chi connectivity index (χ4v) is 2.29. The molecule has 0 amide bonds. The molecule has 0 aliphatic heterocycles. The van der Waals surface area contributed by atoms with Gasteiger partial charge in [0.05, 0.1) is 18.8 Å². The average Bonchev–Trinajstić information content (AvgIpc) is 2.39. The van der Waals surface area contributed by atoms with Crippen LogP contribution in [0.2, 0.25) is 5.02 Å². The van der Waals surface area contributed by atoms with Gasteiger partial charge in [-0.1, -0.05) is 18.5 Å². The molecule has 3 nitrogen and oxygen atoms in total. The van der Waals surface area contributed by atoms with Crippen LogP contribution in [0.1, 0.15) is 32.8 Å². The summed E-state index contributed by atoms with van der Waals surface area (Å²) in [5.41, 5.74) is 0.337. The first kappa shape index (κ1) is 16.3. The zero-order valence-corrected chi connectivity index (χ0v) is 12.8. The van der Waals surface area contributed by atoms with Gasteiger partial charge in [-0.15, -0.1) is 0 Å². The van der Waals surface area contributed by atoms with Gasteiger partial charge in [-0.2, -0.15) is 0 Å². The van der Waals surface area contributed by atoms with Crippen molar-refractivity contribution >= 4 is 11.6 Å². The summed E-state index contributed by atoms with van der Waals surface area (Å²) in [6.45, 7) is 6.45. The number of hydrogen-bond donors (Lipinski definition) is 1. The minimum atomic E-state index is -0.607. The Kier molecular flexibility index (Phi) is 6.11. The minimum absolute atomic E-state index is 0.452. The molecular weight excluding hydrogens is 264 g/mol. The van der Waals surface area contributed by atoms with Crippen LogP contribution in [0.3, 0.4) is 0 Å². The van der Waals surface area contributed by atoms with Crippen LogP contribution in [0.25, 0.3) is 0 Å².